The number of ether oxygens (including phenoxy) is 1. The first-order valence-electron chi connectivity index (χ1n) is 8.66. The molecule has 0 spiro atoms. The highest BCUT2D eigenvalue weighted by molar-refractivity contribution is 6.03. The maximum atomic E-state index is 12.6. The summed E-state index contributed by atoms with van der Waals surface area (Å²) in [5, 5.41) is 2.97. The zero-order valence-corrected chi connectivity index (χ0v) is 14.7. The standard InChI is InChI=1S/C18H26N2O4/c1-12-15-13(21)5-4-6-14(15)24-16(12)17(22)19-11-18(2,3)20-7-9-23-10-8-20/h4-11H2,1-3H3,(H,19,22). The number of Topliss-reactive ketones (excluding diaryl/α,β-unsaturated/α-hetero) is 1. The van der Waals surface area contributed by atoms with Crippen LogP contribution in [0, 0.1) is 6.92 Å². The predicted molar refractivity (Wildman–Crippen MR) is 89.5 cm³/mol. The van der Waals surface area contributed by atoms with Gasteiger partial charge in [0.05, 0.1) is 18.8 Å². The molecule has 1 fully saturated rings. The molecule has 1 aliphatic heterocycles. The number of rotatable bonds is 4. The molecule has 3 rings (SSSR count). The number of carbonyl (C=O) groups is 2. The molecule has 132 valence electrons. The van der Waals surface area contributed by atoms with Crippen molar-refractivity contribution < 1.29 is 18.7 Å². The van der Waals surface area contributed by atoms with Gasteiger partial charge in [-0.2, -0.15) is 0 Å². The van der Waals surface area contributed by atoms with Gasteiger partial charge in [0.2, 0.25) is 0 Å². The fourth-order valence-corrected chi connectivity index (χ4v) is 3.52. The summed E-state index contributed by atoms with van der Waals surface area (Å²) in [7, 11) is 0. The molecular formula is C18H26N2O4. The van der Waals surface area contributed by atoms with Crippen molar-refractivity contribution in [2.45, 2.75) is 45.6 Å². The Morgan fingerprint density at radius 3 is 2.62 bits per heavy atom. The van der Waals surface area contributed by atoms with Crippen LogP contribution in [0.25, 0.3) is 0 Å². The monoisotopic (exact) mass is 334 g/mol. The van der Waals surface area contributed by atoms with Gasteiger partial charge in [0.1, 0.15) is 5.76 Å². The van der Waals surface area contributed by atoms with Crippen molar-refractivity contribution in [3.05, 3.63) is 22.6 Å². The molecule has 2 heterocycles. The minimum Gasteiger partial charge on any atom is -0.455 e. The number of amides is 1. The summed E-state index contributed by atoms with van der Waals surface area (Å²) in [4.78, 5) is 26.9. The van der Waals surface area contributed by atoms with Crippen LogP contribution in [-0.2, 0) is 11.2 Å². The lowest BCUT2D eigenvalue weighted by atomic mass is 9.94. The second-order valence-corrected chi connectivity index (χ2v) is 7.23. The number of furan rings is 1. The number of nitrogens with zero attached hydrogens (tertiary/aromatic N) is 1. The van der Waals surface area contributed by atoms with E-state index >= 15 is 0 Å². The van der Waals surface area contributed by atoms with Crippen molar-refractivity contribution in [2.24, 2.45) is 0 Å². The van der Waals surface area contributed by atoms with Crippen LogP contribution >= 0.6 is 0 Å². The Morgan fingerprint density at radius 2 is 1.96 bits per heavy atom. The molecule has 1 saturated heterocycles. The number of ketones is 1. The van der Waals surface area contributed by atoms with E-state index < -0.39 is 0 Å². The molecule has 0 aromatic carbocycles. The fraction of sp³-hybridized carbons (Fsp3) is 0.667. The number of carbonyl (C=O) groups excluding carboxylic acids is 2. The van der Waals surface area contributed by atoms with Gasteiger partial charge in [-0.3, -0.25) is 14.5 Å². The van der Waals surface area contributed by atoms with Gasteiger partial charge in [-0.05, 0) is 27.2 Å². The Bertz CT molecular complexity index is 642. The van der Waals surface area contributed by atoms with Crippen molar-refractivity contribution in [1.29, 1.82) is 0 Å². The average molecular weight is 334 g/mol. The zero-order chi connectivity index (χ0) is 17.3. The van der Waals surface area contributed by atoms with Gasteiger partial charge in [-0.1, -0.05) is 0 Å². The van der Waals surface area contributed by atoms with E-state index in [1.165, 1.54) is 0 Å². The van der Waals surface area contributed by atoms with E-state index in [-0.39, 0.29) is 23.0 Å². The summed E-state index contributed by atoms with van der Waals surface area (Å²) in [6.45, 7) is 9.73. The first-order valence-corrected chi connectivity index (χ1v) is 8.66. The molecule has 1 aromatic heterocycles. The second kappa shape index (κ2) is 6.69. The maximum Gasteiger partial charge on any atom is 0.287 e. The first kappa shape index (κ1) is 17.2. The molecule has 2 aliphatic rings. The second-order valence-electron chi connectivity index (χ2n) is 7.23. The zero-order valence-electron chi connectivity index (χ0n) is 14.7. The van der Waals surface area contributed by atoms with Crippen molar-refractivity contribution in [2.75, 3.05) is 32.8 Å². The third-order valence-corrected chi connectivity index (χ3v) is 5.06. The molecule has 1 aliphatic carbocycles. The van der Waals surface area contributed by atoms with Crippen LogP contribution in [0.15, 0.2) is 4.42 Å². The Kier molecular flexibility index (Phi) is 4.78. The molecule has 0 unspecified atom stereocenters. The molecule has 6 nitrogen and oxygen atoms in total. The van der Waals surface area contributed by atoms with E-state index in [0.29, 0.717) is 29.9 Å². The van der Waals surface area contributed by atoms with E-state index in [4.69, 9.17) is 9.15 Å². The molecule has 24 heavy (non-hydrogen) atoms. The topological polar surface area (TPSA) is 71.8 Å². The molecule has 0 atom stereocenters. The van der Waals surface area contributed by atoms with Gasteiger partial charge >= 0.3 is 0 Å². The normalized spacial score (nSPS) is 19.2. The minimum atomic E-state index is -0.240. The predicted octanol–water partition coefficient (Wildman–Crippen LogP) is 1.95. The van der Waals surface area contributed by atoms with E-state index in [0.717, 1.165) is 39.1 Å². The lowest BCUT2D eigenvalue weighted by molar-refractivity contribution is -0.00930. The molecule has 1 aromatic rings. The smallest absolute Gasteiger partial charge is 0.287 e. The van der Waals surface area contributed by atoms with E-state index in [2.05, 4.69) is 24.1 Å². The van der Waals surface area contributed by atoms with Gasteiger partial charge < -0.3 is 14.5 Å². The van der Waals surface area contributed by atoms with Crippen LogP contribution in [0.3, 0.4) is 0 Å². The van der Waals surface area contributed by atoms with Crippen molar-refractivity contribution in [1.82, 2.24) is 10.2 Å². The summed E-state index contributed by atoms with van der Waals surface area (Å²) in [6, 6.07) is 0. The van der Waals surface area contributed by atoms with Gasteiger partial charge in [0.25, 0.3) is 5.91 Å². The largest absolute Gasteiger partial charge is 0.455 e. The maximum absolute atomic E-state index is 12.6. The summed E-state index contributed by atoms with van der Waals surface area (Å²) >= 11 is 0. The van der Waals surface area contributed by atoms with Crippen LogP contribution in [0.4, 0.5) is 0 Å². The minimum absolute atomic E-state index is 0.0881. The number of aryl methyl sites for hydroxylation is 1. The number of morpholine rings is 1. The fourth-order valence-electron chi connectivity index (χ4n) is 3.52. The number of hydrogen-bond donors (Lipinski definition) is 1. The average Bonchev–Trinajstić information content (AvgIpc) is 2.92. The molecule has 1 amide bonds. The highest BCUT2D eigenvalue weighted by atomic mass is 16.5. The Morgan fingerprint density at radius 1 is 1.25 bits per heavy atom. The van der Waals surface area contributed by atoms with Gasteiger partial charge in [-0.25, -0.2) is 0 Å². The Balaban J connectivity index is 1.68. The molecule has 6 heteroatoms. The van der Waals surface area contributed by atoms with Gasteiger partial charge in [-0.15, -0.1) is 0 Å². The van der Waals surface area contributed by atoms with Crippen LogP contribution in [0.1, 0.15) is 58.9 Å². The Hall–Kier alpha value is -1.66. The number of fused-ring (bicyclic) bond motifs is 1. The Labute approximate surface area is 142 Å². The summed E-state index contributed by atoms with van der Waals surface area (Å²) in [5.41, 5.74) is 1.14. The van der Waals surface area contributed by atoms with E-state index in [1.54, 1.807) is 6.92 Å². The quantitative estimate of drug-likeness (QED) is 0.911. The third kappa shape index (κ3) is 3.26. The summed E-state index contributed by atoms with van der Waals surface area (Å²) in [6.07, 6.45) is 2.07. The lowest BCUT2D eigenvalue weighted by Gasteiger charge is -2.40. The molecular weight excluding hydrogens is 308 g/mol. The van der Waals surface area contributed by atoms with E-state index in [9.17, 15) is 9.59 Å². The first-order chi connectivity index (χ1) is 11.4. The van der Waals surface area contributed by atoms with Crippen LogP contribution in [-0.4, -0.2) is 55.0 Å². The highest BCUT2D eigenvalue weighted by Crippen LogP contribution is 2.29. The molecule has 1 N–H and O–H groups in total. The molecule has 0 radical (unpaired) electrons. The third-order valence-electron chi connectivity index (χ3n) is 5.06. The summed E-state index contributed by atoms with van der Waals surface area (Å²) in [5.74, 6) is 0.801. The van der Waals surface area contributed by atoms with E-state index in [1.807, 2.05) is 0 Å². The van der Waals surface area contributed by atoms with Crippen molar-refractivity contribution in [3.8, 4) is 0 Å². The van der Waals surface area contributed by atoms with Gasteiger partial charge in [0.15, 0.2) is 11.5 Å². The number of nitrogens with one attached hydrogen (secondary N) is 1. The molecule has 0 bridgehead atoms. The van der Waals surface area contributed by atoms with Gasteiger partial charge in [0, 0.05) is 43.6 Å². The lowest BCUT2D eigenvalue weighted by Crippen LogP contribution is -2.55. The van der Waals surface area contributed by atoms with Crippen LogP contribution in [0.2, 0.25) is 0 Å². The van der Waals surface area contributed by atoms with Crippen LogP contribution in [0.5, 0.6) is 0 Å². The highest BCUT2D eigenvalue weighted by Gasteiger charge is 2.31. The summed E-state index contributed by atoms with van der Waals surface area (Å²) < 4.78 is 11.1. The van der Waals surface area contributed by atoms with Crippen molar-refractivity contribution in [3.63, 3.8) is 0 Å². The number of hydrogen-bond acceptors (Lipinski definition) is 5. The van der Waals surface area contributed by atoms with Crippen molar-refractivity contribution >= 4 is 11.7 Å². The SMILES string of the molecule is Cc1c(C(=O)NCC(C)(C)N2CCOCC2)oc2c1C(=O)CCC2. The molecule has 0 saturated carbocycles. The van der Waals surface area contributed by atoms with Crippen LogP contribution < -0.4 is 5.32 Å².